The first kappa shape index (κ1) is 10.8. The van der Waals surface area contributed by atoms with Gasteiger partial charge in [-0.25, -0.2) is 4.68 Å². The lowest BCUT2D eigenvalue weighted by Crippen LogP contribution is -2.08. The summed E-state index contributed by atoms with van der Waals surface area (Å²) in [6, 6.07) is 7.56. The van der Waals surface area contributed by atoms with Gasteiger partial charge in [0.1, 0.15) is 12.2 Å². The van der Waals surface area contributed by atoms with Crippen molar-refractivity contribution in [3.63, 3.8) is 0 Å². The zero-order chi connectivity index (χ0) is 11.5. The van der Waals surface area contributed by atoms with E-state index in [-0.39, 0.29) is 6.54 Å². The molecule has 0 saturated heterocycles. The number of nitrogens with zero attached hydrogens (tertiary/aromatic N) is 3. The minimum Gasteiger partial charge on any atom is -0.480 e. The van der Waals surface area contributed by atoms with Gasteiger partial charge in [-0.1, -0.05) is 33.3 Å². The van der Waals surface area contributed by atoms with Crippen molar-refractivity contribution in [1.82, 2.24) is 15.0 Å². The summed E-state index contributed by atoms with van der Waals surface area (Å²) in [5.74, 6) is -0.938. The molecule has 0 saturated carbocycles. The smallest absolute Gasteiger partial charge is 0.325 e. The zero-order valence-corrected chi connectivity index (χ0v) is 9.75. The molecule has 6 heteroatoms. The molecule has 0 aliphatic heterocycles. The summed E-state index contributed by atoms with van der Waals surface area (Å²) in [4.78, 5) is 10.5. The summed E-state index contributed by atoms with van der Waals surface area (Å²) in [6.45, 7) is -0.177. The number of benzene rings is 1. The molecule has 82 valence electrons. The standard InChI is InChI=1S/C10H8BrN3O2/c11-8-3-1-7(2-4-8)9-5-14(13-12-9)6-10(15)16/h1-5H,6H2,(H,15,16). The van der Waals surface area contributed by atoms with E-state index in [2.05, 4.69) is 26.2 Å². The van der Waals surface area contributed by atoms with Gasteiger partial charge in [-0.3, -0.25) is 4.79 Å². The van der Waals surface area contributed by atoms with Gasteiger partial charge in [0.05, 0.1) is 6.20 Å². The summed E-state index contributed by atoms with van der Waals surface area (Å²) in [6.07, 6.45) is 1.61. The van der Waals surface area contributed by atoms with Crippen LogP contribution in [0.15, 0.2) is 34.9 Å². The summed E-state index contributed by atoms with van der Waals surface area (Å²) in [5, 5.41) is 16.2. The Bertz CT molecular complexity index is 507. The molecule has 0 spiro atoms. The number of hydrogen-bond acceptors (Lipinski definition) is 3. The van der Waals surface area contributed by atoms with Crippen LogP contribution in [0.1, 0.15) is 0 Å². The highest BCUT2D eigenvalue weighted by Crippen LogP contribution is 2.18. The van der Waals surface area contributed by atoms with E-state index in [0.717, 1.165) is 10.0 Å². The van der Waals surface area contributed by atoms with Crippen LogP contribution in [0, 0.1) is 0 Å². The van der Waals surface area contributed by atoms with Crippen molar-refractivity contribution >= 4 is 21.9 Å². The van der Waals surface area contributed by atoms with Gasteiger partial charge >= 0.3 is 5.97 Å². The fourth-order valence-electron chi connectivity index (χ4n) is 1.27. The van der Waals surface area contributed by atoms with Crippen molar-refractivity contribution in [1.29, 1.82) is 0 Å². The normalized spacial score (nSPS) is 10.3. The average molecular weight is 282 g/mol. The molecule has 2 rings (SSSR count). The molecule has 0 bridgehead atoms. The molecule has 0 fully saturated rings. The largest absolute Gasteiger partial charge is 0.480 e. The van der Waals surface area contributed by atoms with Gasteiger partial charge in [-0.05, 0) is 12.1 Å². The predicted octanol–water partition coefficient (Wildman–Crippen LogP) is 1.79. The Morgan fingerprint density at radius 2 is 2.06 bits per heavy atom. The molecule has 0 unspecified atom stereocenters. The van der Waals surface area contributed by atoms with Gasteiger partial charge in [-0.15, -0.1) is 5.10 Å². The molecule has 0 aliphatic carbocycles. The van der Waals surface area contributed by atoms with Crippen LogP contribution in [0.5, 0.6) is 0 Å². The molecule has 0 amide bonds. The number of halogens is 1. The van der Waals surface area contributed by atoms with E-state index in [1.807, 2.05) is 24.3 Å². The minimum absolute atomic E-state index is 0.177. The molecule has 5 nitrogen and oxygen atoms in total. The number of carbonyl (C=O) groups is 1. The topological polar surface area (TPSA) is 68.0 Å². The maximum atomic E-state index is 10.5. The lowest BCUT2D eigenvalue weighted by Gasteiger charge is -1.95. The number of carboxylic acid groups (broad SMARTS) is 1. The molecular formula is C10H8BrN3O2. The highest BCUT2D eigenvalue weighted by atomic mass is 79.9. The molecule has 1 aromatic heterocycles. The summed E-state index contributed by atoms with van der Waals surface area (Å²) < 4.78 is 2.27. The van der Waals surface area contributed by atoms with Crippen molar-refractivity contribution in [2.45, 2.75) is 6.54 Å². The van der Waals surface area contributed by atoms with E-state index in [4.69, 9.17) is 5.11 Å². The number of carboxylic acids is 1. The predicted molar refractivity (Wildman–Crippen MR) is 60.8 cm³/mol. The monoisotopic (exact) mass is 281 g/mol. The summed E-state index contributed by atoms with van der Waals surface area (Å²) in [7, 11) is 0. The van der Waals surface area contributed by atoms with Gasteiger partial charge in [-0.2, -0.15) is 0 Å². The Labute approximate surface area is 99.8 Å². The number of hydrogen-bond donors (Lipinski definition) is 1. The third-order valence-electron chi connectivity index (χ3n) is 1.98. The first-order valence-electron chi connectivity index (χ1n) is 4.53. The average Bonchev–Trinajstić information content (AvgIpc) is 2.66. The molecular weight excluding hydrogens is 274 g/mol. The lowest BCUT2D eigenvalue weighted by atomic mass is 10.2. The van der Waals surface area contributed by atoms with Crippen molar-refractivity contribution in [2.24, 2.45) is 0 Å². The van der Waals surface area contributed by atoms with E-state index >= 15 is 0 Å². The highest BCUT2D eigenvalue weighted by Gasteiger charge is 2.05. The Morgan fingerprint density at radius 1 is 1.38 bits per heavy atom. The fraction of sp³-hybridized carbons (Fsp3) is 0.100. The van der Waals surface area contributed by atoms with E-state index in [0.29, 0.717) is 5.69 Å². The SMILES string of the molecule is O=C(O)Cn1cc(-c2ccc(Br)cc2)nn1. The third-order valence-corrected chi connectivity index (χ3v) is 2.50. The zero-order valence-electron chi connectivity index (χ0n) is 8.17. The van der Waals surface area contributed by atoms with E-state index in [9.17, 15) is 4.79 Å². The third kappa shape index (κ3) is 2.46. The first-order valence-corrected chi connectivity index (χ1v) is 5.32. The van der Waals surface area contributed by atoms with Crippen molar-refractivity contribution in [2.75, 3.05) is 0 Å². The van der Waals surface area contributed by atoms with Crippen LogP contribution in [0.3, 0.4) is 0 Å². The molecule has 0 radical (unpaired) electrons. The first-order chi connectivity index (χ1) is 7.65. The number of aliphatic carboxylic acids is 1. The van der Waals surface area contributed by atoms with Crippen LogP contribution >= 0.6 is 15.9 Å². The van der Waals surface area contributed by atoms with Gasteiger partial charge in [0, 0.05) is 10.0 Å². The van der Waals surface area contributed by atoms with E-state index in [1.165, 1.54) is 4.68 Å². The van der Waals surface area contributed by atoms with Crippen LogP contribution in [-0.4, -0.2) is 26.1 Å². The maximum absolute atomic E-state index is 10.5. The van der Waals surface area contributed by atoms with Crippen LogP contribution in [0.2, 0.25) is 0 Å². The van der Waals surface area contributed by atoms with Crippen molar-refractivity contribution < 1.29 is 9.90 Å². The van der Waals surface area contributed by atoms with E-state index in [1.54, 1.807) is 6.20 Å². The minimum atomic E-state index is -0.938. The lowest BCUT2D eigenvalue weighted by molar-refractivity contribution is -0.137. The van der Waals surface area contributed by atoms with Crippen LogP contribution in [0.4, 0.5) is 0 Å². The van der Waals surface area contributed by atoms with Crippen molar-refractivity contribution in [3.05, 3.63) is 34.9 Å². The Morgan fingerprint density at radius 3 is 2.69 bits per heavy atom. The second kappa shape index (κ2) is 4.44. The number of aromatic nitrogens is 3. The molecule has 0 aliphatic rings. The summed E-state index contributed by atoms with van der Waals surface area (Å²) >= 11 is 3.34. The second-order valence-corrected chi connectivity index (χ2v) is 4.12. The van der Waals surface area contributed by atoms with Gasteiger partial charge in [0.2, 0.25) is 0 Å². The van der Waals surface area contributed by atoms with Gasteiger partial charge < -0.3 is 5.11 Å². The van der Waals surface area contributed by atoms with Gasteiger partial charge in [0.25, 0.3) is 0 Å². The number of rotatable bonds is 3. The summed E-state index contributed by atoms with van der Waals surface area (Å²) in [5.41, 5.74) is 1.56. The molecule has 1 aromatic carbocycles. The highest BCUT2D eigenvalue weighted by molar-refractivity contribution is 9.10. The Hall–Kier alpha value is -1.69. The maximum Gasteiger partial charge on any atom is 0.325 e. The molecule has 16 heavy (non-hydrogen) atoms. The van der Waals surface area contributed by atoms with Crippen molar-refractivity contribution in [3.8, 4) is 11.3 Å². The molecule has 0 atom stereocenters. The quantitative estimate of drug-likeness (QED) is 0.932. The fourth-order valence-corrected chi connectivity index (χ4v) is 1.53. The second-order valence-electron chi connectivity index (χ2n) is 3.20. The Kier molecular flexibility index (Phi) is 3.00. The van der Waals surface area contributed by atoms with Gasteiger partial charge in [0.15, 0.2) is 0 Å². The molecule has 1 heterocycles. The van der Waals surface area contributed by atoms with Crippen LogP contribution in [-0.2, 0) is 11.3 Å². The van der Waals surface area contributed by atoms with Crippen LogP contribution in [0.25, 0.3) is 11.3 Å². The molecule has 2 aromatic rings. The van der Waals surface area contributed by atoms with E-state index < -0.39 is 5.97 Å². The van der Waals surface area contributed by atoms with Crippen LogP contribution < -0.4 is 0 Å². The Balaban J connectivity index is 2.24. The molecule has 1 N–H and O–H groups in total.